The molecule has 9 heavy (non-hydrogen) atoms. The van der Waals surface area contributed by atoms with Crippen molar-refractivity contribution in [3.8, 4) is 0 Å². The quantitative estimate of drug-likeness (QED) is 0.506. The second-order valence-corrected chi connectivity index (χ2v) is 3.60. The largest absolute Gasteiger partial charge is 0.0651 e. The van der Waals surface area contributed by atoms with Crippen LogP contribution in [0.25, 0.3) is 0 Å². The first-order chi connectivity index (χ1) is 4.25. The lowest BCUT2D eigenvalue weighted by Gasteiger charge is -2.16. The predicted octanol–water partition coefficient (Wildman–Crippen LogP) is 3.08. The second kappa shape index (κ2) is 2.72. The third-order valence-electron chi connectivity index (χ3n) is 3.01. The lowest BCUT2D eigenvalue weighted by Crippen LogP contribution is -2.08. The topological polar surface area (TPSA) is 0 Å². The molecule has 1 rings (SSSR count). The zero-order valence-electron chi connectivity index (χ0n) is 6.85. The predicted molar refractivity (Wildman–Crippen MR) is 41.3 cm³/mol. The van der Waals surface area contributed by atoms with E-state index in [1.165, 1.54) is 19.3 Å². The van der Waals surface area contributed by atoms with Crippen molar-refractivity contribution in [2.45, 2.75) is 40.0 Å². The van der Waals surface area contributed by atoms with Crippen LogP contribution in [-0.2, 0) is 0 Å². The van der Waals surface area contributed by atoms with Gasteiger partial charge in [0.1, 0.15) is 0 Å². The van der Waals surface area contributed by atoms with Crippen molar-refractivity contribution in [2.24, 2.45) is 17.8 Å². The highest BCUT2D eigenvalue weighted by atomic mass is 14.3. The van der Waals surface area contributed by atoms with E-state index in [9.17, 15) is 0 Å². The normalized spacial score (nSPS) is 43.7. The summed E-state index contributed by atoms with van der Waals surface area (Å²) in [6.07, 6.45) is 4.34. The van der Waals surface area contributed by atoms with Crippen LogP contribution in [-0.4, -0.2) is 0 Å². The fraction of sp³-hybridized carbons (Fsp3) is 1.00. The maximum atomic E-state index is 2.40. The van der Waals surface area contributed by atoms with Crippen LogP contribution in [0.2, 0.25) is 0 Å². The van der Waals surface area contributed by atoms with E-state index in [0.29, 0.717) is 0 Å². The molecule has 0 heterocycles. The van der Waals surface area contributed by atoms with Gasteiger partial charge in [0.2, 0.25) is 0 Å². The standard InChI is InChI=1S/C9H18/c1-4-9-7(2)5-6-8(9)3/h7-9H,4-6H2,1-3H3/t7-,8?,9?/m1/s1. The van der Waals surface area contributed by atoms with E-state index < -0.39 is 0 Å². The molecule has 1 aliphatic rings. The molecule has 1 aliphatic carbocycles. The molecule has 0 amide bonds. The number of hydrogen-bond donors (Lipinski definition) is 0. The molecule has 2 unspecified atom stereocenters. The summed E-state index contributed by atoms with van der Waals surface area (Å²) in [6.45, 7) is 7.12. The molecule has 54 valence electrons. The van der Waals surface area contributed by atoms with Gasteiger partial charge in [0.15, 0.2) is 0 Å². The Morgan fingerprint density at radius 2 is 1.56 bits per heavy atom. The summed E-state index contributed by atoms with van der Waals surface area (Å²) < 4.78 is 0. The van der Waals surface area contributed by atoms with E-state index in [1.807, 2.05) is 0 Å². The van der Waals surface area contributed by atoms with Crippen LogP contribution >= 0.6 is 0 Å². The first kappa shape index (κ1) is 7.11. The van der Waals surface area contributed by atoms with Gasteiger partial charge >= 0.3 is 0 Å². The Bertz CT molecular complexity index is 76.0. The van der Waals surface area contributed by atoms with Gasteiger partial charge in [-0.05, 0) is 17.8 Å². The van der Waals surface area contributed by atoms with E-state index in [-0.39, 0.29) is 0 Å². The molecule has 0 aromatic carbocycles. The maximum Gasteiger partial charge on any atom is -0.0365 e. The Kier molecular flexibility index (Phi) is 2.15. The molecular weight excluding hydrogens is 108 g/mol. The summed E-state index contributed by atoms with van der Waals surface area (Å²) in [7, 11) is 0. The molecule has 0 aliphatic heterocycles. The average molecular weight is 126 g/mol. The van der Waals surface area contributed by atoms with Crippen molar-refractivity contribution in [1.29, 1.82) is 0 Å². The summed E-state index contributed by atoms with van der Waals surface area (Å²) in [6, 6.07) is 0. The summed E-state index contributed by atoms with van der Waals surface area (Å²) in [5, 5.41) is 0. The van der Waals surface area contributed by atoms with Crippen LogP contribution in [0.1, 0.15) is 40.0 Å². The summed E-state index contributed by atoms with van der Waals surface area (Å²) in [4.78, 5) is 0. The van der Waals surface area contributed by atoms with Gasteiger partial charge in [0.05, 0.1) is 0 Å². The van der Waals surface area contributed by atoms with E-state index in [2.05, 4.69) is 20.8 Å². The average Bonchev–Trinajstić information content (AvgIpc) is 2.12. The van der Waals surface area contributed by atoms with Crippen LogP contribution in [0.3, 0.4) is 0 Å². The van der Waals surface area contributed by atoms with Crippen molar-refractivity contribution < 1.29 is 0 Å². The van der Waals surface area contributed by atoms with Crippen molar-refractivity contribution in [3.05, 3.63) is 0 Å². The fourth-order valence-corrected chi connectivity index (χ4v) is 2.32. The van der Waals surface area contributed by atoms with E-state index in [4.69, 9.17) is 0 Å². The Labute approximate surface area is 58.7 Å². The van der Waals surface area contributed by atoms with Gasteiger partial charge in [-0.15, -0.1) is 0 Å². The summed E-state index contributed by atoms with van der Waals surface area (Å²) in [5.41, 5.74) is 0. The first-order valence-corrected chi connectivity index (χ1v) is 4.25. The lowest BCUT2D eigenvalue weighted by atomic mass is 9.89. The van der Waals surface area contributed by atoms with Crippen LogP contribution in [0, 0.1) is 17.8 Å². The SMILES string of the molecule is CCC1C(C)CC[C@H]1C. The monoisotopic (exact) mass is 126 g/mol. The van der Waals surface area contributed by atoms with Gasteiger partial charge < -0.3 is 0 Å². The van der Waals surface area contributed by atoms with Crippen molar-refractivity contribution in [2.75, 3.05) is 0 Å². The third kappa shape index (κ3) is 1.28. The Morgan fingerprint density at radius 1 is 1.11 bits per heavy atom. The highest BCUT2D eigenvalue weighted by Gasteiger charge is 2.27. The van der Waals surface area contributed by atoms with Gasteiger partial charge in [-0.2, -0.15) is 0 Å². The summed E-state index contributed by atoms with van der Waals surface area (Å²) >= 11 is 0. The molecule has 0 aromatic rings. The van der Waals surface area contributed by atoms with Crippen LogP contribution in [0.15, 0.2) is 0 Å². The summed E-state index contributed by atoms with van der Waals surface area (Å²) in [5.74, 6) is 3.04. The Hall–Kier alpha value is 0. The highest BCUT2D eigenvalue weighted by molar-refractivity contribution is 4.78. The molecule has 0 N–H and O–H groups in total. The van der Waals surface area contributed by atoms with Gasteiger partial charge in [0, 0.05) is 0 Å². The molecular formula is C9H18. The Morgan fingerprint density at radius 3 is 1.78 bits per heavy atom. The molecule has 0 spiro atoms. The van der Waals surface area contributed by atoms with Crippen LogP contribution < -0.4 is 0 Å². The first-order valence-electron chi connectivity index (χ1n) is 4.25. The molecule has 3 atom stereocenters. The molecule has 1 fully saturated rings. The molecule has 0 saturated heterocycles. The fourth-order valence-electron chi connectivity index (χ4n) is 2.32. The molecule has 0 bridgehead atoms. The van der Waals surface area contributed by atoms with E-state index in [1.54, 1.807) is 0 Å². The highest BCUT2D eigenvalue weighted by Crippen LogP contribution is 2.38. The molecule has 0 aromatic heterocycles. The van der Waals surface area contributed by atoms with Gasteiger partial charge in [0.25, 0.3) is 0 Å². The third-order valence-corrected chi connectivity index (χ3v) is 3.01. The van der Waals surface area contributed by atoms with Gasteiger partial charge in [-0.1, -0.05) is 40.0 Å². The van der Waals surface area contributed by atoms with E-state index >= 15 is 0 Å². The van der Waals surface area contributed by atoms with Crippen molar-refractivity contribution >= 4 is 0 Å². The smallest absolute Gasteiger partial charge is 0.0365 e. The maximum absolute atomic E-state index is 2.40. The zero-order valence-corrected chi connectivity index (χ0v) is 6.85. The van der Waals surface area contributed by atoms with Crippen LogP contribution in [0.5, 0.6) is 0 Å². The van der Waals surface area contributed by atoms with Crippen LogP contribution in [0.4, 0.5) is 0 Å². The number of rotatable bonds is 1. The number of hydrogen-bond acceptors (Lipinski definition) is 0. The minimum absolute atomic E-state index is 1.00. The van der Waals surface area contributed by atoms with Crippen molar-refractivity contribution in [3.63, 3.8) is 0 Å². The van der Waals surface area contributed by atoms with Gasteiger partial charge in [-0.25, -0.2) is 0 Å². The minimum atomic E-state index is 1.00. The van der Waals surface area contributed by atoms with Gasteiger partial charge in [-0.3, -0.25) is 0 Å². The molecule has 1 saturated carbocycles. The van der Waals surface area contributed by atoms with E-state index in [0.717, 1.165) is 17.8 Å². The Balaban J connectivity index is 2.44. The molecule has 0 heteroatoms. The zero-order chi connectivity index (χ0) is 6.85. The van der Waals surface area contributed by atoms with Crippen molar-refractivity contribution in [1.82, 2.24) is 0 Å². The molecule has 0 nitrogen and oxygen atoms in total. The molecule has 0 radical (unpaired) electrons. The lowest BCUT2D eigenvalue weighted by molar-refractivity contribution is 0.336. The minimum Gasteiger partial charge on any atom is -0.0651 e. The second-order valence-electron chi connectivity index (χ2n) is 3.60.